The van der Waals surface area contributed by atoms with Crippen molar-refractivity contribution in [1.29, 1.82) is 0 Å². The van der Waals surface area contributed by atoms with Crippen molar-refractivity contribution in [2.24, 2.45) is 0 Å². The van der Waals surface area contributed by atoms with Gasteiger partial charge in [0.15, 0.2) is 0 Å². The summed E-state index contributed by atoms with van der Waals surface area (Å²) in [6, 6.07) is 11.7. The van der Waals surface area contributed by atoms with E-state index in [2.05, 4.69) is 17.2 Å². The van der Waals surface area contributed by atoms with Gasteiger partial charge in [-0.2, -0.15) is 11.8 Å². The fourth-order valence-corrected chi connectivity index (χ4v) is 5.26. The molecule has 0 aliphatic rings. The molecule has 46 heavy (non-hydrogen) atoms. The first-order chi connectivity index (χ1) is 21.5. The van der Waals surface area contributed by atoms with Crippen molar-refractivity contribution < 1.29 is 28.7 Å². The lowest BCUT2D eigenvalue weighted by molar-refractivity contribution is -0.159. The molecule has 0 radical (unpaired) electrons. The Labute approximate surface area is 278 Å². The number of thioether (sulfide) groups is 1. The lowest BCUT2D eigenvalue weighted by Crippen LogP contribution is -2.55. The van der Waals surface area contributed by atoms with Crippen molar-refractivity contribution in [2.45, 2.75) is 97.6 Å². The van der Waals surface area contributed by atoms with E-state index in [-0.39, 0.29) is 13.0 Å². The number of ether oxygens (including phenoxy) is 2. The molecule has 252 valence electrons. The molecule has 0 spiro atoms. The van der Waals surface area contributed by atoms with Crippen LogP contribution in [0.2, 0.25) is 0 Å². The average Bonchev–Trinajstić information content (AvgIpc) is 2.95. The van der Waals surface area contributed by atoms with Gasteiger partial charge >= 0.3 is 12.1 Å². The maximum absolute atomic E-state index is 14.5. The van der Waals surface area contributed by atoms with Crippen LogP contribution in [0.4, 0.5) is 4.79 Å². The summed E-state index contributed by atoms with van der Waals surface area (Å²) in [6.07, 6.45) is 3.21. The van der Waals surface area contributed by atoms with Crippen LogP contribution < -0.4 is 10.6 Å². The largest absolute Gasteiger partial charge is 0.458 e. The second-order valence-electron chi connectivity index (χ2n) is 13.2. The molecule has 2 N–H and O–H groups in total. The van der Waals surface area contributed by atoms with E-state index in [1.807, 2.05) is 62.6 Å². The molecule has 10 heteroatoms. The van der Waals surface area contributed by atoms with Crippen LogP contribution in [-0.2, 0) is 30.3 Å². The molecule has 9 nitrogen and oxygen atoms in total. The molecule has 0 aliphatic carbocycles. The molecule has 0 aliphatic heterocycles. The summed E-state index contributed by atoms with van der Waals surface area (Å²) in [5, 5.41) is 5.65. The smallest absolute Gasteiger partial charge is 0.408 e. The summed E-state index contributed by atoms with van der Waals surface area (Å²) in [7, 11) is 0. The van der Waals surface area contributed by atoms with Crippen LogP contribution in [0.1, 0.15) is 76.3 Å². The Balaban J connectivity index is 2.63. The summed E-state index contributed by atoms with van der Waals surface area (Å²) in [5.74, 6) is -1.04. The van der Waals surface area contributed by atoms with Crippen LogP contribution in [0, 0.1) is 13.8 Å². The standard InChI is InChI=1S/C36H51N3O6S/c1-11-21-39(32(41)28(20-22-46-10)38-34(43)45-36(7,8)9)30(27-19-15-16-24(2)25(27)3)31(40)37-29(33(42)44-35(4,5)6)23-26-17-13-12-14-18-26/h11-19,28-30H,1,20-23H2,2-10H3,(H,37,40)(H,38,43). The van der Waals surface area contributed by atoms with E-state index in [4.69, 9.17) is 9.47 Å². The Hall–Kier alpha value is -3.79. The predicted octanol–water partition coefficient (Wildman–Crippen LogP) is 6.07. The molecule has 0 aromatic heterocycles. The highest BCUT2D eigenvalue weighted by atomic mass is 32.2. The first kappa shape index (κ1) is 38.4. The van der Waals surface area contributed by atoms with Gasteiger partial charge in [0.1, 0.15) is 29.3 Å². The zero-order valence-corrected chi connectivity index (χ0v) is 29.6. The van der Waals surface area contributed by atoms with E-state index >= 15 is 0 Å². The summed E-state index contributed by atoms with van der Waals surface area (Å²) in [4.78, 5) is 56.6. The number of esters is 1. The number of carbonyl (C=O) groups is 4. The van der Waals surface area contributed by atoms with E-state index in [1.54, 1.807) is 47.6 Å². The number of hydrogen-bond donors (Lipinski definition) is 2. The Bertz CT molecular complexity index is 1350. The maximum Gasteiger partial charge on any atom is 0.408 e. The predicted molar refractivity (Wildman–Crippen MR) is 185 cm³/mol. The molecular weight excluding hydrogens is 602 g/mol. The van der Waals surface area contributed by atoms with Crippen LogP contribution in [0.25, 0.3) is 0 Å². The van der Waals surface area contributed by atoms with Gasteiger partial charge in [-0.3, -0.25) is 9.59 Å². The summed E-state index contributed by atoms with van der Waals surface area (Å²) in [5.41, 5.74) is 1.62. The normalized spacial score (nSPS) is 13.5. The van der Waals surface area contributed by atoms with Crippen LogP contribution in [0.5, 0.6) is 0 Å². The zero-order valence-electron chi connectivity index (χ0n) is 28.8. The van der Waals surface area contributed by atoms with Gasteiger partial charge < -0.3 is 25.0 Å². The molecule has 3 amide bonds. The van der Waals surface area contributed by atoms with Gasteiger partial charge in [-0.1, -0.05) is 54.6 Å². The number of benzene rings is 2. The van der Waals surface area contributed by atoms with Crippen molar-refractivity contribution >= 4 is 35.6 Å². The van der Waals surface area contributed by atoms with E-state index in [1.165, 1.54) is 22.7 Å². The van der Waals surface area contributed by atoms with Crippen molar-refractivity contribution in [3.8, 4) is 0 Å². The van der Waals surface area contributed by atoms with Gasteiger partial charge in [-0.05, 0) is 96.1 Å². The number of rotatable bonds is 14. The first-order valence-electron chi connectivity index (χ1n) is 15.5. The highest BCUT2D eigenvalue weighted by Crippen LogP contribution is 2.28. The Kier molecular flexibility index (Phi) is 14.4. The summed E-state index contributed by atoms with van der Waals surface area (Å²) < 4.78 is 11.2. The molecule has 0 bridgehead atoms. The zero-order chi connectivity index (χ0) is 34.7. The third kappa shape index (κ3) is 12.2. The monoisotopic (exact) mass is 653 g/mol. The van der Waals surface area contributed by atoms with Crippen molar-refractivity contribution in [1.82, 2.24) is 15.5 Å². The molecule has 0 saturated carbocycles. The van der Waals surface area contributed by atoms with Gasteiger partial charge in [0.25, 0.3) is 0 Å². The fourth-order valence-electron chi connectivity index (χ4n) is 4.79. The number of alkyl carbamates (subject to hydrolysis) is 1. The third-order valence-corrected chi connectivity index (χ3v) is 7.64. The quantitative estimate of drug-likeness (QED) is 0.188. The second-order valence-corrected chi connectivity index (χ2v) is 14.2. The fraction of sp³-hybridized carbons (Fsp3) is 0.500. The highest BCUT2D eigenvalue weighted by molar-refractivity contribution is 7.98. The van der Waals surface area contributed by atoms with Gasteiger partial charge in [-0.25, -0.2) is 9.59 Å². The number of nitrogens with one attached hydrogen (secondary N) is 2. The topological polar surface area (TPSA) is 114 Å². The Morgan fingerprint density at radius 1 is 0.891 bits per heavy atom. The SMILES string of the molecule is C=CCN(C(=O)C(CCSC)NC(=O)OC(C)(C)C)C(C(=O)NC(Cc1ccccc1)C(=O)OC(C)(C)C)c1cccc(C)c1C. The maximum atomic E-state index is 14.5. The molecule has 2 rings (SSSR count). The minimum Gasteiger partial charge on any atom is -0.458 e. The van der Waals surface area contributed by atoms with Crippen LogP contribution in [-0.4, -0.2) is 70.6 Å². The minimum atomic E-state index is -1.15. The van der Waals surface area contributed by atoms with Gasteiger partial charge in [0.05, 0.1) is 0 Å². The van der Waals surface area contributed by atoms with Crippen LogP contribution in [0.3, 0.4) is 0 Å². The third-order valence-electron chi connectivity index (χ3n) is 7.00. The van der Waals surface area contributed by atoms with Crippen molar-refractivity contribution in [2.75, 3.05) is 18.6 Å². The lowest BCUT2D eigenvalue weighted by Gasteiger charge is -2.35. The van der Waals surface area contributed by atoms with Crippen molar-refractivity contribution in [3.05, 3.63) is 83.4 Å². The van der Waals surface area contributed by atoms with E-state index in [0.29, 0.717) is 17.7 Å². The highest BCUT2D eigenvalue weighted by Gasteiger charge is 2.38. The summed E-state index contributed by atoms with van der Waals surface area (Å²) >= 11 is 1.53. The second kappa shape index (κ2) is 17.2. The average molecular weight is 654 g/mol. The number of carbonyl (C=O) groups excluding carboxylic acids is 4. The molecule has 3 atom stereocenters. The lowest BCUT2D eigenvalue weighted by atomic mass is 9.94. The minimum absolute atomic E-state index is 0.00581. The number of hydrogen-bond acceptors (Lipinski definition) is 7. The number of amides is 3. The summed E-state index contributed by atoms with van der Waals surface area (Å²) in [6.45, 7) is 18.2. The Morgan fingerprint density at radius 2 is 1.52 bits per heavy atom. The molecule has 0 heterocycles. The van der Waals surface area contributed by atoms with E-state index < -0.39 is 53.2 Å². The molecule has 2 aromatic rings. The van der Waals surface area contributed by atoms with Crippen LogP contribution >= 0.6 is 11.8 Å². The molecule has 3 unspecified atom stereocenters. The number of nitrogens with zero attached hydrogens (tertiary/aromatic N) is 1. The van der Waals surface area contributed by atoms with Gasteiger partial charge in [0, 0.05) is 13.0 Å². The van der Waals surface area contributed by atoms with E-state index in [9.17, 15) is 19.2 Å². The first-order valence-corrected chi connectivity index (χ1v) is 16.9. The molecular formula is C36H51N3O6S. The van der Waals surface area contributed by atoms with Crippen LogP contribution in [0.15, 0.2) is 61.2 Å². The van der Waals surface area contributed by atoms with E-state index in [0.717, 1.165) is 16.7 Å². The Morgan fingerprint density at radius 3 is 2.09 bits per heavy atom. The number of aryl methyl sites for hydroxylation is 1. The molecule has 0 fully saturated rings. The van der Waals surface area contributed by atoms with Gasteiger partial charge in [0.2, 0.25) is 11.8 Å². The molecule has 2 aromatic carbocycles. The van der Waals surface area contributed by atoms with Crippen molar-refractivity contribution in [3.63, 3.8) is 0 Å². The molecule has 0 saturated heterocycles. The van der Waals surface area contributed by atoms with Gasteiger partial charge in [-0.15, -0.1) is 6.58 Å².